The molecule has 2 aromatic rings. The van der Waals surface area contributed by atoms with E-state index in [2.05, 4.69) is 9.47 Å². The third kappa shape index (κ3) is 4.42. The van der Waals surface area contributed by atoms with E-state index in [-0.39, 0.29) is 28.7 Å². The lowest BCUT2D eigenvalue weighted by atomic mass is 9.90. The number of hydrogen-bond acceptors (Lipinski definition) is 10. The fourth-order valence-electron chi connectivity index (χ4n) is 3.06. The smallest absolute Gasteiger partial charge is 0.342 e. The molecule has 0 atom stereocenters. The van der Waals surface area contributed by atoms with Gasteiger partial charge in [0.05, 0.1) is 39.6 Å². The molecule has 0 heterocycles. The molecule has 0 amide bonds. The molecule has 0 bridgehead atoms. The summed E-state index contributed by atoms with van der Waals surface area (Å²) in [5, 5.41) is 20.2. The van der Waals surface area contributed by atoms with Crippen molar-refractivity contribution in [1.82, 2.24) is 0 Å². The van der Waals surface area contributed by atoms with Gasteiger partial charge in [0.15, 0.2) is 0 Å². The van der Waals surface area contributed by atoms with Gasteiger partial charge in [-0.05, 0) is 29.7 Å². The minimum atomic E-state index is -0.978. The van der Waals surface area contributed by atoms with Crippen LogP contribution in [0.25, 0.3) is 0 Å². The number of phenols is 2. The van der Waals surface area contributed by atoms with E-state index in [9.17, 15) is 29.4 Å². The van der Waals surface area contributed by atoms with Gasteiger partial charge in [0, 0.05) is 0 Å². The van der Waals surface area contributed by atoms with Crippen molar-refractivity contribution in [2.45, 2.75) is 6.42 Å². The summed E-state index contributed by atoms with van der Waals surface area (Å²) in [6.07, 6.45) is -0.177. The Morgan fingerprint density at radius 3 is 1.16 bits per heavy atom. The molecule has 2 N–H and O–H groups in total. The number of carbonyl (C=O) groups excluding carboxylic acids is 4. The first-order valence-electron chi connectivity index (χ1n) is 8.74. The number of carbonyl (C=O) groups is 4. The lowest BCUT2D eigenvalue weighted by Gasteiger charge is -2.16. The first-order chi connectivity index (χ1) is 14.7. The number of methoxy groups -OCH3 is 4. The predicted octanol–water partition coefficient (Wildman–Crippen LogP) is 1.83. The fraction of sp³-hybridized carbons (Fsp3) is 0.238. The molecule has 10 nitrogen and oxygen atoms in total. The average Bonchev–Trinajstić information content (AvgIpc) is 2.78. The van der Waals surface area contributed by atoms with Gasteiger partial charge in [-0.1, -0.05) is 12.1 Å². The quantitative estimate of drug-likeness (QED) is 0.512. The Morgan fingerprint density at radius 1 is 0.581 bits per heavy atom. The molecular weight excluding hydrogens is 412 g/mol. The zero-order chi connectivity index (χ0) is 23.3. The minimum Gasteiger partial charge on any atom is -0.507 e. The molecule has 2 rings (SSSR count). The van der Waals surface area contributed by atoms with Crippen LogP contribution < -0.4 is 0 Å². The van der Waals surface area contributed by atoms with Crippen molar-refractivity contribution >= 4 is 23.9 Å². The number of ether oxygens (including phenoxy) is 4. The molecule has 0 spiro atoms. The SMILES string of the molecule is COC(=O)c1c(O)ccc(Cc2ccc(O)c(C(=O)OC)c2C(=O)OC)c1C(=O)OC. The van der Waals surface area contributed by atoms with Crippen molar-refractivity contribution in [1.29, 1.82) is 0 Å². The van der Waals surface area contributed by atoms with Crippen molar-refractivity contribution in [3.63, 3.8) is 0 Å². The van der Waals surface area contributed by atoms with Gasteiger partial charge in [-0.2, -0.15) is 0 Å². The van der Waals surface area contributed by atoms with Crippen molar-refractivity contribution in [2.24, 2.45) is 0 Å². The summed E-state index contributed by atoms with van der Waals surface area (Å²) >= 11 is 0. The second-order valence-corrected chi connectivity index (χ2v) is 6.13. The van der Waals surface area contributed by atoms with E-state index in [1.165, 1.54) is 24.3 Å². The Kier molecular flexibility index (Phi) is 7.19. The maximum atomic E-state index is 12.4. The van der Waals surface area contributed by atoms with E-state index in [1.807, 2.05) is 0 Å². The molecule has 10 heteroatoms. The number of esters is 4. The maximum Gasteiger partial charge on any atom is 0.342 e. The average molecular weight is 432 g/mol. The molecular formula is C21H20O10. The van der Waals surface area contributed by atoms with Gasteiger partial charge in [-0.3, -0.25) is 0 Å². The Hall–Kier alpha value is -4.08. The molecule has 164 valence electrons. The second kappa shape index (κ2) is 9.61. The number of hydrogen-bond donors (Lipinski definition) is 2. The second-order valence-electron chi connectivity index (χ2n) is 6.13. The van der Waals surface area contributed by atoms with Crippen molar-refractivity contribution in [3.05, 3.63) is 57.6 Å². The van der Waals surface area contributed by atoms with E-state index in [1.54, 1.807) is 0 Å². The molecule has 31 heavy (non-hydrogen) atoms. The Labute approximate surface area is 176 Å². The highest BCUT2D eigenvalue weighted by Crippen LogP contribution is 2.32. The summed E-state index contributed by atoms with van der Waals surface area (Å²) in [5.74, 6) is -4.84. The van der Waals surface area contributed by atoms with Crippen LogP contribution in [0.15, 0.2) is 24.3 Å². The van der Waals surface area contributed by atoms with Crippen molar-refractivity contribution < 1.29 is 48.3 Å². The topological polar surface area (TPSA) is 146 Å². The van der Waals surface area contributed by atoms with Gasteiger partial charge >= 0.3 is 23.9 Å². The normalized spacial score (nSPS) is 10.2. The van der Waals surface area contributed by atoms with Gasteiger partial charge in [0.2, 0.25) is 0 Å². The summed E-state index contributed by atoms with van der Waals surface area (Å²) in [6.45, 7) is 0. The minimum absolute atomic E-state index is 0.177. The van der Waals surface area contributed by atoms with Crippen LogP contribution in [0.1, 0.15) is 52.6 Å². The van der Waals surface area contributed by atoms with Crippen LogP contribution in [0.3, 0.4) is 0 Å². The van der Waals surface area contributed by atoms with E-state index < -0.39 is 46.5 Å². The zero-order valence-corrected chi connectivity index (χ0v) is 17.2. The molecule has 0 saturated heterocycles. The number of rotatable bonds is 6. The molecule has 0 aliphatic heterocycles. The third-order valence-electron chi connectivity index (χ3n) is 4.48. The van der Waals surface area contributed by atoms with Crippen molar-refractivity contribution in [2.75, 3.05) is 28.4 Å². The highest BCUT2D eigenvalue weighted by Gasteiger charge is 2.29. The van der Waals surface area contributed by atoms with Gasteiger partial charge in [-0.15, -0.1) is 0 Å². The van der Waals surface area contributed by atoms with Crippen LogP contribution in [0, 0.1) is 0 Å². The van der Waals surface area contributed by atoms with E-state index >= 15 is 0 Å². The first-order valence-corrected chi connectivity index (χ1v) is 8.74. The zero-order valence-electron chi connectivity index (χ0n) is 17.2. The number of benzene rings is 2. The lowest BCUT2D eigenvalue weighted by molar-refractivity contribution is 0.0549. The number of phenolic OH excluding ortho intramolecular Hbond substituents is 2. The monoisotopic (exact) mass is 432 g/mol. The third-order valence-corrected chi connectivity index (χ3v) is 4.48. The number of aromatic hydroxyl groups is 2. The summed E-state index contributed by atoms with van der Waals surface area (Å²) in [7, 11) is 4.33. The molecule has 0 unspecified atom stereocenters. The van der Waals surface area contributed by atoms with Gasteiger partial charge in [-0.25, -0.2) is 19.2 Å². The summed E-state index contributed by atoms with van der Waals surface area (Å²) < 4.78 is 18.8. The van der Waals surface area contributed by atoms with Crippen LogP contribution >= 0.6 is 0 Å². The Balaban J connectivity index is 2.80. The summed E-state index contributed by atoms with van der Waals surface area (Å²) in [6, 6.07) is 5.04. The molecule has 0 aromatic heterocycles. The van der Waals surface area contributed by atoms with E-state index in [0.29, 0.717) is 0 Å². The van der Waals surface area contributed by atoms with Crippen LogP contribution in [0.5, 0.6) is 11.5 Å². The molecule has 0 fully saturated rings. The van der Waals surface area contributed by atoms with Gasteiger partial charge < -0.3 is 29.2 Å². The van der Waals surface area contributed by atoms with E-state index in [0.717, 1.165) is 28.4 Å². The maximum absolute atomic E-state index is 12.4. The van der Waals surface area contributed by atoms with Crippen LogP contribution in [-0.2, 0) is 25.4 Å². The van der Waals surface area contributed by atoms with E-state index in [4.69, 9.17) is 9.47 Å². The van der Waals surface area contributed by atoms with Gasteiger partial charge in [0.1, 0.15) is 22.6 Å². The highest BCUT2D eigenvalue weighted by molar-refractivity contribution is 6.07. The highest BCUT2D eigenvalue weighted by atomic mass is 16.5. The molecule has 0 aliphatic rings. The molecule has 0 radical (unpaired) electrons. The van der Waals surface area contributed by atoms with Crippen LogP contribution in [0.2, 0.25) is 0 Å². The largest absolute Gasteiger partial charge is 0.507 e. The molecule has 0 saturated carbocycles. The molecule has 2 aromatic carbocycles. The molecule has 0 aliphatic carbocycles. The fourth-order valence-corrected chi connectivity index (χ4v) is 3.06. The summed E-state index contributed by atoms with van der Waals surface area (Å²) in [4.78, 5) is 49.2. The van der Waals surface area contributed by atoms with Crippen LogP contribution in [0.4, 0.5) is 0 Å². The Morgan fingerprint density at radius 2 is 0.871 bits per heavy atom. The lowest BCUT2D eigenvalue weighted by Crippen LogP contribution is -2.18. The standard InChI is InChI=1S/C21H20O10/c1-28-18(24)14-10(5-7-12(22)16(14)20(26)30-3)9-11-6-8-13(23)17(21(27)31-4)15(11)19(25)29-2/h5-8,22-23H,9H2,1-4H3. The first kappa shape index (κ1) is 23.2. The van der Waals surface area contributed by atoms with Crippen molar-refractivity contribution in [3.8, 4) is 11.5 Å². The van der Waals surface area contributed by atoms with Gasteiger partial charge in [0.25, 0.3) is 0 Å². The summed E-state index contributed by atoms with van der Waals surface area (Å²) in [5.41, 5.74) is -1.04. The Bertz CT molecular complexity index is 971. The predicted molar refractivity (Wildman–Crippen MR) is 104 cm³/mol. The van der Waals surface area contributed by atoms with Crippen LogP contribution in [-0.4, -0.2) is 62.5 Å².